The van der Waals surface area contributed by atoms with Crippen LogP contribution >= 0.6 is 27.5 Å². The van der Waals surface area contributed by atoms with Crippen molar-refractivity contribution < 1.29 is 19.1 Å². The molecule has 2 aromatic carbocycles. The van der Waals surface area contributed by atoms with E-state index in [4.69, 9.17) is 21.1 Å². The molecule has 0 saturated heterocycles. The lowest BCUT2D eigenvalue weighted by molar-refractivity contribution is -0.121. The van der Waals surface area contributed by atoms with Crippen molar-refractivity contribution in [2.75, 3.05) is 20.3 Å². The van der Waals surface area contributed by atoms with Gasteiger partial charge in [-0.2, -0.15) is 0 Å². The zero-order valence-electron chi connectivity index (χ0n) is 14.1. The number of carbonyl (C=O) groups is 2. The van der Waals surface area contributed by atoms with Gasteiger partial charge in [0.1, 0.15) is 12.4 Å². The Morgan fingerprint density at radius 3 is 2.46 bits per heavy atom. The zero-order chi connectivity index (χ0) is 18.9. The summed E-state index contributed by atoms with van der Waals surface area (Å²) in [5.74, 6) is -0.164. The number of ether oxygens (including phenoxy) is 2. The minimum Gasteiger partial charge on any atom is -0.490 e. The molecule has 2 aromatic rings. The van der Waals surface area contributed by atoms with Crippen molar-refractivity contribution in [2.45, 2.75) is 6.42 Å². The summed E-state index contributed by atoms with van der Waals surface area (Å²) < 4.78 is 11.1. The van der Waals surface area contributed by atoms with E-state index in [2.05, 4.69) is 26.8 Å². The van der Waals surface area contributed by atoms with Crippen molar-refractivity contribution >= 4 is 39.3 Å². The molecule has 2 N–H and O–H groups in total. The molecule has 0 aliphatic carbocycles. The van der Waals surface area contributed by atoms with Gasteiger partial charge in [-0.15, -0.1) is 0 Å². The average molecular weight is 442 g/mol. The summed E-state index contributed by atoms with van der Waals surface area (Å²) in [7, 11) is 1.59. The molecule has 0 fully saturated rings. The van der Waals surface area contributed by atoms with Crippen LogP contribution in [-0.4, -0.2) is 32.1 Å². The van der Waals surface area contributed by atoms with Crippen LogP contribution in [-0.2, 0) is 16.0 Å². The number of hydrogen-bond donors (Lipinski definition) is 2. The molecule has 0 spiro atoms. The summed E-state index contributed by atoms with van der Waals surface area (Å²) in [6.45, 7) is 0.871. The summed E-state index contributed by atoms with van der Waals surface area (Å²) in [6.07, 6.45) is 0.132. The fourth-order valence-corrected chi connectivity index (χ4v) is 2.64. The molecule has 0 bridgehead atoms. The molecule has 0 aliphatic rings. The number of benzene rings is 2. The summed E-state index contributed by atoms with van der Waals surface area (Å²) in [4.78, 5) is 24.0. The smallest absolute Gasteiger partial charge is 0.269 e. The summed E-state index contributed by atoms with van der Waals surface area (Å²) in [6, 6.07) is 11.8. The fraction of sp³-hybridized carbons (Fsp3) is 0.222. The highest BCUT2D eigenvalue weighted by Crippen LogP contribution is 2.25. The highest BCUT2D eigenvalue weighted by atomic mass is 79.9. The van der Waals surface area contributed by atoms with Gasteiger partial charge >= 0.3 is 0 Å². The van der Waals surface area contributed by atoms with Crippen LogP contribution in [0.25, 0.3) is 0 Å². The minimum absolute atomic E-state index is 0.132. The van der Waals surface area contributed by atoms with E-state index in [1.807, 2.05) is 0 Å². The van der Waals surface area contributed by atoms with Gasteiger partial charge in [0.25, 0.3) is 5.91 Å². The second-order valence-electron chi connectivity index (χ2n) is 5.29. The molecule has 2 rings (SSSR count). The molecule has 0 heterocycles. The van der Waals surface area contributed by atoms with Crippen molar-refractivity contribution in [1.29, 1.82) is 0 Å². The maximum Gasteiger partial charge on any atom is 0.269 e. The molecule has 2 amide bonds. The molecule has 0 radical (unpaired) electrons. The first-order valence-corrected chi connectivity index (χ1v) is 8.91. The van der Waals surface area contributed by atoms with E-state index in [0.717, 1.165) is 5.56 Å². The first-order chi connectivity index (χ1) is 12.5. The first kappa shape index (κ1) is 20.2. The molecule has 26 heavy (non-hydrogen) atoms. The minimum atomic E-state index is -0.432. The Balaban J connectivity index is 1.85. The maximum absolute atomic E-state index is 12.1. The van der Waals surface area contributed by atoms with E-state index in [1.165, 1.54) is 0 Å². The number of rotatable bonds is 7. The SMILES string of the molecule is COCCOc1ccc(C(=O)NNC(=O)Cc2ccc(Cl)cc2)cc1Br. The third kappa shape index (κ3) is 6.33. The van der Waals surface area contributed by atoms with Crippen molar-refractivity contribution in [3.8, 4) is 5.75 Å². The largest absolute Gasteiger partial charge is 0.490 e. The molecular formula is C18H18BrClN2O4. The lowest BCUT2D eigenvalue weighted by Gasteiger charge is -2.10. The third-order valence-electron chi connectivity index (χ3n) is 3.33. The molecule has 0 atom stereocenters. The predicted molar refractivity (Wildman–Crippen MR) is 102 cm³/mol. The normalized spacial score (nSPS) is 10.3. The van der Waals surface area contributed by atoms with E-state index in [0.29, 0.717) is 34.0 Å². The number of hydrazine groups is 1. The molecule has 6 nitrogen and oxygen atoms in total. The second kappa shape index (κ2) is 10.2. The van der Waals surface area contributed by atoms with Crippen LogP contribution in [0.1, 0.15) is 15.9 Å². The van der Waals surface area contributed by atoms with E-state index < -0.39 is 5.91 Å². The van der Waals surface area contributed by atoms with Gasteiger partial charge in [-0.3, -0.25) is 20.4 Å². The highest BCUT2D eigenvalue weighted by Gasteiger charge is 2.11. The Labute approximate surface area is 164 Å². The van der Waals surface area contributed by atoms with Gasteiger partial charge in [-0.1, -0.05) is 23.7 Å². The van der Waals surface area contributed by atoms with Crippen LogP contribution in [0.15, 0.2) is 46.9 Å². The van der Waals surface area contributed by atoms with Crippen LogP contribution in [0.3, 0.4) is 0 Å². The summed E-state index contributed by atoms with van der Waals surface area (Å²) in [5, 5.41) is 0.600. The molecule has 138 valence electrons. The van der Waals surface area contributed by atoms with Gasteiger partial charge < -0.3 is 9.47 Å². The van der Waals surface area contributed by atoms with Gasteiger partial charge in [-0.25, -0.2) is 0 Å². The fourth-order valence-electron chi connectivity index (χ4n) is 2.02. The van der Waals surface area contributed by atoms with Crippen molar-refractivity contribution in [1.82, 2.24) is 10.9 Å². The van der Waals surface area contributed by atoms with Crippen LogP contribution in [0, 0.1) is 0 Å². The van der Waals surface area contributed by atoms with Gasteiger partial charge in [0.05, 0.1) is 17.5 Å². The van der Waals surface area contributed by atoms with Crippen molar-refractivity contribution in [2.24, 2.45) is 0 Å². The third-order valence-corrected chi connectivity index (χ3v) is 4.20. The van der Waals surface area contributed by atoms with Gasteiger partial charge in [0, 0.05) is 17.7 Å². The van der Waals surface area contributed by atoms with E-state index in [-0.39, 0.29) is 12.3 Å². The number of halogens is 2. The number of carbonyl (C=O) groups excluding carboxylic acids is 2. The zero-order valence-corrected chi connectivity index (χ0v) is 16.4. The molecule has 0 aliphatic heterocycles. The molecule has 0 aromatic heterocycles. The number of hydrogen-bond acceptors (Lipinski definition) is 4. The maximum atomic E-state index is 12.1. The van der Waals surface area contributed by atoms with Gasteiger partial charge in [0.15, 0.2) is 0 Å². The first-order valence-electron chi connectivity index (χ1n) is 7.74. The Bertz CT molecular complexity index is 768. The number of methoxy groups -OCH3 is 1. The molecular weight excluding hydrogens is 424 g/mol. The predicted octanol–water partition coefficient (Wildman–Crippen LogP) is 3.13. The van der Waals surface area contributed by atoms with Crippen molar-refractivity contribution in [3.05, 3.63) is 63.1 Å². The Kier molecular flexibility index (Phi) is 7.90. The van der Waals surface area contributed by atoms with Gasteiger partial charge in [-0.05, 0) is 51.8 Å². The van der Waals surface area contributed by atoms with Crippen LogP contribution < -0.4 is 15.6 Å². The van der Waals surface area contributed by atoms with Crippen molar-refractivity contribution in [3.63, 3.8) is 0 Å². The monoisotopic (exact) mass is 440 g/mol. The summed E-state index contributed by atoms with van der Waals surface area (Å²) in [5.41, 5.74) is 5.94. The second-order valence-corrected chi connectivity index (χ2v) is 6.58. The average Bonchev–Trinajstić information content (AvgIpc) is 2.63. The summed E-state index contributed by atoms with van der Waals surface area (Å²) >= 11 is 9.16. The van der Waals surface area contributed by atoms with Crippen LogP contribution in [0.4, 0.5) is 0 Å². The van der Waals surface area contributed by atoms with Crippen LogP contribution in [0.5, 0.6) is 5.75 Å². The van der Waals surface area contributed by atoms with E-state index in [1.54, 1.807) is 49.6 Å². The number of amides is 2. The Morgan fingerprint density at radius 1 is 1.08 bits per heavy atom. The standard InChI is InChI=1S/C18H18BrClN2O4/c1-25-8-9-26-16-7-4-13(11-15(16)19)18(24)22-21-17(23)10-12-2-5-14(20)6-3-12/h2-7,11H,8-10H2,1H3,(H,21,23)(H,22,24). The lowest BCUT2D eigenvalue weighted by atomic mass is 10.1. The molecule has 0 unspecified atom stereocenters. The molecule has 8 heteroatoms. The Morgan fingerprint density at radius 2 is 1.81 bits per heavy atom. The topological polar surface area (TPSA) is 76.7 Å². The molecule has 0 saturated carbocycles. The van der Waals surface area contributed by atoms with E-state index in [9.17, 15) is 9.59 Å². The number of nitrogens with one attached hydrogen (secondary N) is 2. The Hall–Kier alpha value is -2.09. The van der Waals surface area contributed by atoms with Gasteiger partial charge in [0.2, 0.25) is 5.91 Å². The highest BCUT2D eigenvalue weighted by molar-refractivity contribution is 9.10. The quantitative estimate of drug-likeness (QED) is 0.511. The van der Waals surface area contributed by atoms with Crippen LogP contribution in [0.2, 0.25) is 5.02 Å². The van der Waals surface area contributed by atoms with E-state index >= 15 is 0 Å². The lowest BCUT2D eigenvalue weighted by Crippen LogP contribution is -2.42.